The van der Waals surface area contributed by atoms with Crippen molar-refractivity contribution in [2.45, 2.75) is 146 Å². The summed E-state index contributed by atoms with van der Waals surface area (Å²) < 4.78 is 0. The molecule has 8 nitrogen and oxygen atoms in total. The van der Waals surface area contributed by atoms with Crippen LogP contribution in [-0.4, -0.2) is 57.5 Å². The maximum absolute atomic E-state index is 14.5. The van der Waals surface area contributed by atoms with E-state index in [9.17, 15) is 19.5 Å². The third-order valence-corrected chi connectivity index (χ3v) is 12.7. The second-order valence-electron chi connectivity index (χ2n) is 16.5. The fourth-order valence-corrected chi connectivity index (χ4v) is 8.77. The van der Waals surface area contributed by atoms with Crippen molar-refractivity contribution in [3.63, 3.8) is 0 Å². The van der Waals surface area contributed by atoms with E-state index in [0.29, 0.717) is 41.8 Å². The number of hydrogen-bond acceptors (Lipinski definition) is 6. The molecule has 2 unspecified atom stereocenters. The molecule has 4 aliphatic rings. The van der Waals surface area contributed by atoms with Crippen molar-refractivity contribution in [1.29, 1.82) is 0 Å². The SMILES string of the molecule is CCC(CC)(CC)C(=O)N=C1C=C2C(=CC1=C1C(=O)C(c3cc4c(cc3NC(C)=O)N(C(C)C)C(C)C4(C)C)=C1O)C(C)(C)C(C)N2C(C)C. The van der Waals surface area contributed by atoms with Crippen LogP contribution in [0, 0.1) is 10.8 Å². The Morgan fingerprint density at radius 1 is 0.900 bits per heavy atom. The van der Waals surface area contributed by atoms with Gasteiger partial charge in [0.25, 0.3) is 5.91 Å². The monoisotopic (exact) mass is 682 g/mol. The van der Waals surface area contributed by atoms with Gasteiger partial charge in [-0.15, -0.1) is 0 Å². The van der Waals surface area contributed by atoms with Gasteiger partial charge in [0.1, 0.15) is 5.76 Å². The van der Waals surface area contributed by atoms with Crippen LogP contribution in [0.15, 0.2) is 57.5 Å². The number of allylic oxidation sites excluding steroid dienone is 6. The molecule has 2 atom stereocenters. The Hall–Kier alpha value is -3.94. The number of carbonyl (C=O) groups excluding carboxylic acids is 3. The summed E-state index contributed by atoms with van der Waals surface area (Å²) in [5, 5.41) is 14.9. The van der Waals surface area contributed by atoms with E-state index in [-0.39, 0.29) is 69.5 Å². The average molecular weight is 683 g/mol. The summed E-state index contributed by atoms with van der Waals surface area (Å²) >= 11 is 0. The number of nitrogens with one attached hydrogen (secondary N) is 1. The number of aliphatic hydroxyl groups excluding tert-OH is 1. The van der Waals surface area contributed by atoms with Gasteiger partial charge >= 0.3 is 0 Å². The van der Waals surface area contributed by atoms with Gasteiger partial charge in [-0.05, 0) is 96.2 Å². The van der Waals surface area contributed by atoms with Crippen LogP contribution in [0.3, 0.4) is 0 Å². The number of ketones is 1. The molecule has 8 heteroatoms. The number of Topliss-reactive ketones (excluding diaryl/α,β-unsaturated/α-hetero) is 1. The molecule has 2 amide bonds. The number of hydrogen-bond donors (Lipinski definition) is 2. The van der Waals surface area contributed by atoms with Crippen molar-refractivity contribution in [3.05, 3.63) is 63.6 Å². The summed E-state index contributed by atoms with van der Waals surface area (Å²) in [6, 6.07) is 4.66. The largest absolute Gasteiger partial charge is 0.506 e. The van der Waals surface area contributed by atoms with Crippen LogP contribution in [0.1, 0.15) is 127 Å². The molecule has 2 aliphatic heterocycles. The van der Waals surface area contributed by atoms with Crippen molar-refractivity contribution < 1.29 is 19.5 Å². The summed E-state index contributed by atoms with van der Waals surface area (Å²) in [7, 11) is 0. The maximum atomic E-state index is 14.5. The molecule has 2 heterocycles. The molecule has 1 aromatic carbocycles. The lowest BCUT2D eigenvalue weighted by atomic mass is 9.73. The molecule has 0 spiro atoms. The minimum absolute atomic E-state index is 0.146. The standard InChI is InChI=1S/C42H58N4O4/c1-15-42(16-2,17-3)39(50)44-32-21-34-30(41(13,14)25(9)46(34)23(6)7)19-28(32)36-37(48)35(38(36)49)27-18-29-33(20-31(27)43-26(10)47)45(22(4)5)24(8)40(29,11)12/h18-25,48H,15-17H2,1-14H3,(H,43,47). The summed E-state index contributed by atoms with van der Waals surface area (Å²) in [5.41, 5.74) is 5.15. The lowest BCUT2D eigenvalue weighted by Crippen LogP contribution is -2.42. The Morgan fingerprint density at radius 3 is 1.96 bits per heavy atom. The highest BCUT2D eigenvalue weighted by atomic mass is 16.3. The number of aliphatic imine (C=N–C) groups is 1. The number of likely N-dealkylation sites (tertiary alicyclic amines) is 1. The molecule has 0 bridgehead atoms. The smallest absolute Gasteiger partial charge is 0.252 e. The number of anilines is 2. The van der Waals surface area contributed by atoms with E-state index in [1.54, 1.807) is 0 Å². The second kappa shape index (κ2) is 12.7. The number of benzene rings is 1. The Labute approximate surface area is 299 Å². The molecule has 0 saturated carbocycles. The second-order valence-corrected chi connectivity index (χ2v) is 16.5. The lowest BCUT2D eigenvalue weighted by Gasteiger charge is -2.34. The molecular weight excluding hydrogens is 624 g/mol. The summed E-state index contributed by atoms with van der Waals surface area (Å²) in [6.45, 7) is 29.3. The first-order valence-corrected chi connectivity index (χ1v) is 18.5. The highest BCUT2D eigenvalue weighted by Gasteiger charge is 2.49. The molecule has 0 aromatic heterocycles. The van der Waals surface area contributed by atoms with Crippen molar-refractivity contribution in [2.24, 2.45) is 15.8 Å². The van der Waals surface area contributed by atoms with Gasteiger partial charge < -0.3 is 20.2 Å². The molecule has 1 fully saturated rings. The highest BCUT2D eigenvalue weighted by Crippen LogP contribution is 2.53. The summed E-state index contributed by atoms with van der Waals surface area (Å²) in [4.78, 5) is 50.5. The van der Waals surface area contributed by atoms with Gasteiger partial charge in [0.05, 0.1) is 28.0 Å². The van der Waals surface area contributed by atoms with E-state index in [1.165, 1.54) is 6.92 Å². The third-order valence-electron chi connectivity index (χ3n) is 12.7. The molecule has 2 N–H and O–H groups in total. The Kier molecular flexibility index (Phi) is 9.46. The first-order valence-electron chi connectivity index (χ1n) is 18.5. The van der Waals surface area contributed by atoms with E-state index in [1.807, 2.05) is 45.1 Å². The number of nitrogens with zero attached hydrogens (tertiary/aromatic N) is 3. The molecule has 2 aliphatic carbocycles. The van der Waals surface area contributed by atoms with Gasteiger partial charge in [-0.1, -0.05) is 48.5 Å². The number of amides is 2. The molecule has 50 heavy (non-hydrogen) atoms. The van der Waals surface area contributed by atoms with Crippen molar-refractivity contribution in [1.82, 2.24) is 4.90 Å². The fourth-order valence-electron chi connectivity index (χ4n) is 8.77. The fraction of sp³-hybridized carbons (Fsp3) is 0.571. The number of aliphatic hydroxyl groups is 1. The zero-order valence-electron chi connectivity index (χ0n) is 32.8. The first kappa shape index (κ1) is 37.3. The predicted octanol–water partition coefficient (Wildman–Crippen LogP) is 8.83. The zero-order valence-corrected chi connectivity index (χ0v) is 32.8. The van der Waals surface area contributed by atoms with Crippen molar-refractivity contribution in [2.75, 3.05) is 10.2 Å². The maximum Gasteiger partial charge on any atom is 0.252 e. The number of carbonyl (C=O) groups is 3. The van der Waals surface area contributed by atoms with Crippen molar-refractivity contribution in [3.8, 4) is 0 Å². The van der Waals surface area contributed by atoms with Gasteiger partial charge in [-0.2, -0.15) is 0 Å². The summed E-state index contributed by atoms with van der Waals surface area (Å²) in [5.74, 6) is -0.951. The van der Waals surface area contributed by atoms with Gasteiger partial charge in [0.2, 0.25) is 11.7 Å². The van der Waals surface area contributed by atoms with Crippen LogP contribution in [0.2, 0.25) is 0 Å². The van der Waals surface area contributed by atoms with Gasteiger partial charge in [0.15, 0.2) is 0 Å². The first-order chi connectivity index (χ1) is 23.2. The molecular formula is C42H58N4O4. The van der Waals surface area contributed by atoms with Crippen LogP contribution < -0.4 is 10.2 Å². The highest BCUT2D eigenvalue weighted by molar-refractivity contribution is 6.42. The van der Waals surface area contributed by atoms with E-state index < -0.39 is 5.41 Å². The van der Waals surface area contributed by atoms with Crippen LogP contribution in [0.5, 0.6) is 0 Å². The van der Waals surface area contributed by atoms with E-state index in [4.69, 9.17) is 4.99 Å². The molecule has 1 aromatic rings. The summed E-state index contributed by atoms with van der Waals surface area (Å²) in [6.07, 6.45) is 5.90. The van der Waals surface area contributed by atoms with E-state index in [0.717, 1.165) is 22.5 Å². The van der Waals surface area contributed by atoms with Gasteiger partial charge in [-0.3, -0.25) is 14.4 Å². The Balaban J connectivity index is 1.78. The minimum atomic E-state index is -0.608. The molecule has 1 saturated heterocycles. The predicted molar refractivity (Wildman–Crippen MR) is 205 cm³/mol. The zero-order chi connectivity index (χ0) is 37.4. The quantitative estimate of drug-likeness (QED) is 0.266. The molecule has 0 radical (unpaired) electrons. The van der Waals surface area contributed by atoms with Crippen LogP contribution in [-0.2, 0) is 19.8 Å². The molecule has 5 rings (SSSR count). The van der Waals surface area contributed by atoms with E-state index >= 15 is 0 Å². The number of fused-ring (bicyclic) bond motifs is 2. The average Bonchev–Trinajstić information content (AvgIpc) is 3.35. The van der Waals surface area contributed by atoms with Crippen LogP contribution in [0.25, 0.3) is 5.57 Å². The van der Waals surface area contributed by atoms with Crippen molar-refractivity contribution >= 4 is 40.3 Å². The van der Waals surface area contributed by atoms with Gasteiger partial charge in [-0.25, -0.2) is 4.99 Å². The molecule has 270 valence electrons. The van der Waals surface area contributed by atoms with Crippen LogP contribution >= 0.6 is 0 Å². The van der Waals surface area contributed by atoms with E-state index in [2.05, 4.69) is 84.4 Å². The third kappa shape index (κ3) is 5.39. The Morgan fingerprint density at radius 2 is 1.46 bits per heavy atom. The number of rotatable bonds is 8. The topological polar surface area (TPSA) is 102 Å². The normalized spacial score (nSPS) is 24.9. The Bertz CT molecular complexity index is 1800. The lowest BCUT2D eigenvalue weighted by molar-refractivity contribution is -0.128. The van der Waals surface area contributed by atoms with Gasteiger partial charge in [0, 0.05) is 64.4 Å². The minimum Gasteiger partial charge on any atom is -0.506 e. The van der Waals surface area contributed by atoms with Crippen LogP contribution in [0.4, 0.5) is 11.4 Å².